The molecule has 3 aliphatic heterocycles. The SMILES string of the molecule is CC1(C)CN(S(C)(=O)=O)CC2CN(C(=O)N3CCOCC3)CCN21. The van der Waals surface area contributed by atoms with Crippen molar-refractivity contribution in [2.45, 2.75) is 25.4 Å². The average molecular weight is 360 g/mol. The van der Waals surface area contributed by atoms with Gasteiger partial charge in [0, 0.05) is 57.4 Å². The molecule has 0 aromatic rings. The third-order valence-electron chi connectivity index (χ3n) is 5.26. The van der Waals surface area contributed by atoms with Crippen molar-refractivity contribution in [1.82, 2.24) is 19.0 Å². The van der Waals surface area contributed by atoms with E-state index in [1.54, 1.807) is 4.31 Å². The second-order valence-corrected chi connectivity index (χ2v) is 9.53. The maximum Gasteiger partial charge on any atom is 0.320 e. The normalized spacial score (nSPS) is 29.4. The Morgan fingerprint density at radius 2 is 1.71 bits per heavy atom. The summed E-state index contributed by atoms with van der Waals surface area (Å²) in [6, 6.07) is 0.0921. The molecule has 0 saturated carbocycles. The van der Waals surface area contributed by atoms with Crippen LogP contribution < -0.4 is 0 Å². The van der Waals surface area contributed by atoms with Gasteiger partial charge in [-0.2, -0.15) is 4.31 Å². The topological polar surface area (TPSA) is 73.4 Å². The fraction of sp³-hybridized carbons (Fsp3) is 0.933. The Kier molecular flexibility index (Phi) is 4.80. The van der Waals surface area contributed by atoms with Gasteiger partial charge in [0.05, 0.1) is 19.5 Å². The van der Waals surface area contributed by atoms with E-state index < -0.39 is 10.0 Å². The zero-order chi connectivity index (χ0) is 17.5. The molecule has 3 saturated heterocycles. The largest absolute Gasteiger partial charge is 0.378 e. The van der Waals surface area contributed by atoms with Crippen LogP contribution in [0.1, 0.15) is 13.8 Å². The van der Waals surface area contributed by atoms with Crippen molar-refractivity contribution >= 4 is 16.1 Å². The zero-order valence-electron chi connectivity index (χ0n) is 14.8. The van der Waals surface area contributed by atoms with E-state index in [0.29, 0.717) is 52.5 Å². The molecule has 0 N–H and O–H groups in total. The van der Waals surface area contributed by atoms with Crippen molar-refractivity contribution < 1.29 is 17.9 Å². The van der Waals surface area contributed by atoms with Gasteiger partial charge in [-0.3, -0.25) is 4.90 Å². The monoisotopic (exact) mass is 360 g/mol. The van der Waals surface area contributed by atoms with E-state index in [1.165, 1.54) is 6.26 Å². The van der Waals surface area contributed by atoms with E-state index in [-0.39, 0.29) is 17.6 Å². The molecule has 0 radical (unpaired) electrons. The molecule has 138 valence electrons. The van der Waals surface area contributed by atoms with Crippen LogP contribution in [-0.2, 0) is 14.8 Å². The first-order valence-corrected chi connectivity index (χ1v) is 10.4. The molecule has 3 fully saturated rings. The number of nitrogens with zero attached hydrogens (tertiary/aromatic N) is 4. The molecule has 2 amide bonds. The molecule has 9 heteroatoms. The lowest BCUT2D eigenvalue weighted by Gasteiger charge is -2.55. The Balaban J connectivity index is 1.71. The standard InChI is InChI=1S/C15H28N4O4S/c1-15(2)12-18(24(3,21)22)11-13-10-17(4-5-19(13)15)14(20)16-6-8-23-9-7-16/h13H,4-12H2,1-3H3. The second kappa shape index (κ2) is 6.44. The molecule has 3 aliphatic rings. The fourth-order valence-corrected chi connectivity index (χ4v) is 5.00. The van der Waals surface area contributed by atoms with Crippen LogP contribution in [0, 0.1) is 0 Å². The van der Waals surface area contributed by atoms with Crippen molar-refractivity contribution in [1.29, 1.82) is 0 Å². The molecule has 1 atom stereocenters. The van der Waals surface area contributed by atoms with Crippen LogP contribution in [0.4, 0.5) is 4.79 Å². The average Bonchev–Trinajstić information content (AvgIpc) is 2.53. The molecule has 0 bridgehead atoms. The van der Waals surface area contributed by atoms with Gasteiger partial charge in [0.15, 0.2) is 0 Å². The Morgan fingerprint density at radius 3 is 2.33 bits per heavy atom. The summed E-state index contributed by atoms with van der Waals surface area (Å²) >= 11 is 0. The maximum absolute atomic E-state index is 12.7. The molecule has 8 nitrogen and oxygen atoms in total. The molecule has 3 heterocycles. The van der Waals surface area contributed by atoms with Crippen molar-refractivity contribution in [2.75, 3.05) is 65.3 Å². The minimum atomic E-state index is -3.23. The van der Waals surface area contributed by atoms with E-state index in [1.807, 2.05) is 9.80 Å². The van der Waals surface area contributed by atoms with Gasteiger partial charge >= 0.3 is 6.03 Å². The molecule has 3 rings (SSSR count). The van der Waals surface area contributed by atoms with E-state index >= 15 is 0 Å². The van der Waals surface area contributed by atoms with Crippen LogP contribution in [0.15, 0.2) is 0 Å². The summed E-state index contributed by atoms with van der Waals surface area (Å²) in [6.45, 7) is 9.60. The summed E-state index contributed by atoms with van der Waals surface area (Å²) in [7, 11) is -3.23. The number of piperazine rings is 2. The number of hydrogen-bond donors (Lipinski definition) is 0. The van der Waals surface area contributed by atoms with Crippen LogP contribution in [0.2, 0.25) is 0 Å². The highest BCUT2D eigenvalue weighted by molar-refractivity contribution is 7.88. The highest BCUT2D eigenvalue weighted by Gasteiger charge is 2.45. The number of carbonyl (C=O) groups is 1. The summed E-state index contributed by atoms with van der Waals surface area (Å²) in [5, 5.41) is 0. The van der Waals surface area contributed by atoms with Crippen LogP contribution in [-0.4, -0.2) is 110 Å². The lowest BCUT2D eigenvalue weighted by molar-refractivity contribution is -0.0394. The number of sulfonamides is 1. The van der Waals surface area contributed by atoms with Crippen LogP contribution in [0.3, 0.4) is 0 Å². The Labute approximate surface area is 144 Å². The number of morpholine rings is 1. The Morgan fingerprint density at radius 1 is 1.04 bits per heavy atom. The first-order chi connectivity index (χ1) is 11.2. The molecule has 0 aromatic heterocycles. The third-order valence-corrected chi connectivity index (χ3v) is 6.48. The fourth-order valence-electron chi connectivity index (χ4n) is 4.01. The van der Waals surface area contributed by atoms with Gasteiger partial charge in [0.2, 0.25) is 10.0 Å². The van der Waals surface area contributed by atoms with Crippen molar-refractivity contribution in [3.8, 4) is 0 Å². The van der Waals surface area contributed by atoms with Crippen LogP contribution >= 0.6 is 0 Å². The zero-order valence-corrected chi connectivity index (χ0v) is 15.6. The summed E-state index contributed by atoms with van der Waals surface area (Å²) in [5.41, 5.74) is -0.222. The third kappa shape index (κ3) is 3.54. The maximum atomic E-state index is 12.7. The number of rotatable bonds is 1. The Hall–Kier alpha value is -0.900. The first kappa shape index (κ1) is 17.9. The van der Waals surface area contributed by atoms with Crippen LogP contribution in [0.5, 0.6) is 0 Å². The molecule has 0 spiro atoms. The number of fused-ring (bicyclic) bond motifs is 1. The Bertz CT molecular complexity index is 588. The smallest absolute Gasteiger partial charge is 0.320 e. The number of ether oxygens (including phenoxy) is 1. The van der Waals surface area contributed by atoms with E-state index in [2.05, 4.69) is 18.7 Å². The van der Waals surface area contributed by atoms with Gasteiger partial charge in [0.25, 0.3) is 0 Å². The number of carbonyl (C=O) groups excluding carboxylic acids is 1. The summed E-state index contributed by atoms with van der Waals surface area (Å²) in [5.74, 6) is 0. The lowest BCUT2D eigenvalue weighted by atomic mass is 9.94. The highest BCUT2D eigenvalue weighted by Crippen LogP contribution is 2.29. The number of amides is 2. The summed E-state index contributed by atoms with van der Waals surface area (Å²) < 4.78 is 30.9. The van der Waals surface area contributed by atoms with Gasteiger partial charge in [-0.15, -0.1) is 0 Å². The van der Waals surface area contributed by atoms with E-state index in [9.17, 15) is 13.2 Å². The van der Waals surface area contributed by atoms with Gasteiger partial charge < -0.3 is 14.5 Å². The number of hydrogen-bond acceptors (Lipinski definition) is 5. The predicted octanol–water partition coefficient (Wildman–Crippen LogP) is -0.521. The highest BCUT2D eigenvalue weighted by atomic mass is 32.2. The van der Waals surface area contributed by atoms with Crippen molar-refractivity contribution in [3.05, 3.63) is 0 Å². The van der Waals surface area contributed by atoms with E-state index in [0.717, 1.165) is 6.54 Å². The van der Waals surface area contributed by atoms with Crippen LogP contribution in [0.25, 0.3) is 0 Å². The second-order valence-electron chi connectivity index (χ2n) is 7.54. The van der Waals surface area contributed by atoms with Gasteiger partial charge in [-0.1, -0.05) is 0 Å². The van der Waals surface area contributed by atoms with E-state index in [4.69, 9.17) is 4.74 Å². The quantitative estimate of drug-likeness (QED) is 0.629. The lowest BCUT2D eigenvalue weighted by Crippen LogP contribution is -2.71. The van der Waals surface area contributed by atoms with Gasteiger partial charge in [-0.05, 0) is 13.8 Å². The summed E-state index contributed by atoms with van der Waals surface area (Å²) in [4.78, 5) is 18.8. The summed E-state index contributed by atoms with van der Waals surface area (Å²) in [6.07, 6.45) is 1.26. The molecular formula is C15H28N4O4S. The molecule has 0 aliphatic carbocycles. The molecule has 24 heavy (non-hydrogen) atoms. The predicted molar refractivity (Wildman–Crippen MR) is 90.4 cm³/mol. The molecule has 0 aromatic carbocycles. The minimum Gasteiger partial charge on any atom is -0.378 e. The number of urea groups is 1. The molecular weight excluding hydrogens is 332 g/mol. The minimum absolute atomic E-state index is 0.0437. The van der Waals surface area contributed by atoms with Gasteiger partial charge in [-0.25, -0.2) is 13.2 Å². The first-order valence-electron chi connectivity index (χ1n) is 8.52. The van der Waals surface area contributed by atoms with Crippen molar-refractivity contribution in [3.63, 3.8) is 0 Å². The van der Waals surface area contributed by atoms with Crippen molar-refractivity contribution in [2.24, 2.45) is 0 Å². The molecule has 1 unspecified atom stereocenters. The van der Waals surface area contributed by atoms with Gasteiger partial charge in [0.1, 0.15) is 0 Å².